The summed E-state index contributed by atoms with van der Waals surface area (Å²) < 4.78 is 38.8. The molecule has 2 heterocycles. The Labute approximate surface area is 149 Å². The van der Waals surface area contributed by atoms with E-state index in [1.165, 1.54) is 11.3 Å². The van der Waals surface area contributed by atoms with Gasteiger partial charge >= 0.3 is 6.18 Å². The maximum absolute atomic E-state index is 12.9. The Morgan fingerprint density at radius 2 is 1.84 bits per heavy atom. The Bertz CT molecular complexity index is 777. The van der Waals surface area contributed by atoms with Crippen molar-refractivity contribution < 1.29 is 18.1 Å². The first kappa shape index (κ1) is 17.7. The van der Waals surface area contributed by atoms with E-state index in [4.69, 9.17) is 11.6 Å². The number of nitro benzene ring substituents is 1. The van der Waals surface area contributed by atoms with Crippen LogP contribution in [-0.4, -0.2) is 36.1 Å². The maximum atomic E-state index is 12.9. The molecular weight excluding hydrogens is 381 g/mol. The zero-order chi connectivity index (χ0) is 18.2. The van der Waals surface area contributed by atoms with Gasteiger partial charge in [-0.05, 0) is 6.07 Å². The van der Waals surface area contributed by atoms with Crippen LogP contribution in [0.5, 0.6) is 0 Å². The predicted molar refractivity (Wildman–Crippen MR) is 89.6 cm³/mol. The summed E-state index contributed by atoms with van der Waals surface area (Å²) in [7, 11) is 0. The largest absolute Gasteiger partial charge is 0.418 e. The van der Waals surface area contributed by atoms with E-state index in [-0.39, 0.29) is 5.69 Å². The number of benzene rings is 1. The second kappa shape index (κ2) is 6.68. The molecule has 1 fully saturated rings. The number of thiazole rings is 1. The second-order valence-electron chi connectivity index (χ2n) is 5.36. The third-order valence-electron chi connectivity index (χ3n) is 3.88. The molecule has 11 heteroatoms. The van der Waals surface area contributed by atoms with Gasteiger partial charge in [0.15, 0.2) is 5.13 Å². The third kappa shape index (κ3) is 3.64. The summed E-state index contributed by atoms with van der Waals surface area (Å²) in [5.74, 6) is 0. The van der Waals surface area contributed by atoms with Gasteiger partial charge in [0, 0.05) is 43.8 Å². The van der Waals surface area contributed by atoms with Crippen LogP contribution < -0.4 is 9.80 Å². The number of piperazine rings is 1. The van der Waals surface area contributed by atoms with Crippen molar-refractivity contribution in [2.24, 2.45) is 0 Å². The molecule has 0 atom stereocenters. The number of rotatable bonds is 3. The van der Waals surface area contributed by atoms with E-state index in [1.807, 2.05) is 10.3 Å². The van der Waals surface area contributed by atoms with E-state index in [0.717, 1.165) is 11.2 Å². The van der Waals surface area contributed by atoms with Crippen LogP contribution in [0.4, 0.5) is 29.7 Å². The molecule has 134 valence electrons. The van der Waals surface area contributed by atoms with Gasteiger partial charge in [-0.2, -0.15) is 13.2 Å². The van der Waals surface area contributed by atoms with Gasteiger partial charge in [-0.3, -0.25) is 10.1 Å². The number of aromatic nitrogens is 1. The lowest BCUT2D eigenvalue weighted by Crippen LogP contribution is -2.46. The van der Waals surface area contributed by atoms with Crippen molar-refractivity contribution in [3.8, 4) is 0 Å². The average molecular weight is 393 g/mol. The lowest BCUT2D eigenvalue weighted by molar-refractivity contribution is -0.384. The van der Waals surface area contributed by atoms with Crippen molar-refractivity contribution in [2.75, 3.05) is 36.0 Å². The Hall–Kier alpha value is -2.07. The van der Waals surface area contributed by atoms with Crippen molar-refractivity contribution in [1.82, 2.24) is 4.98 Å². The summed E-state index contributed by atoms with van der Waals surface area (Å²) in [6, 6.07) is 1.53. The molecule has 1 aromatic carbocycles. The molecule has 3 rings (SSSR count). The van der Waals surface area contributed by atoms with E-state index in [9.17, 15) is 23.3 Å². The smallest absolute Gasteiger partial charge is 0.362 e. The number of halogens is 4. The molecular formula is C14H12ClF3N4O2S. The minimum Gasteiger partial charge on any atom is -0.362 e. The SMILES string of the molecule is O=[N+]([O-])c1cc(C(F)(F)F)c(Cl)cc1N1CCN(c2nccs2)CC1. The van der Waals surface area contributed by atoms with Crippen molar-refractivity contribution in [3.05, 3.63) is 44.4 Å². The highest BCUT2D eigenvalue weighted by molar-refractivity contribution is 7.13. The normalized spacial score (nSPS) is 15.5. The molecule has 1 aromatic heterocycles. The lowest BCUT2D eigenvalue weighted by Gasteiger charge is -2.35. The maximum Gasteiger partial charge on any atom is 0.418 e. The van der Waals surface area contributed by atoms with E-state index in [0.29, 0.717) is 32.2 Å². The standard InChI is InChI=1S/C14H12ClF3N4O2S/c15-10-8-11(12(22(23)24)7-9(10)14(16,17)18)20-2-4-21(5-3-20)13-19-1-6-25-13/h1,6-8H,2-5H2. The predicted octanol–water partition coefficient (Wildman–Crippen LogP) is 4.05. The molecule has 1 aliphatic heterocycles. The van der Waals surface area contributed by atoms with Gasteiger partial charge in [0.1, 0.15) is 5.69 Å². The Balaban J connectivity index is 1.87. The summed E-state index contributed by atoms with van der Waals surface area (Å²) in [5, 5.41) is 13.4. The quantitative estimate of drug-likeness (QED) is 0.582. The fourth-order valence-corrected chi connectivity index (χ4v) is 3.64. The number of anilines is 2. The summed E-state index contributed by atoms with van der Waals surface area (Å²) in [4.78, 5) is 18.4. The van der Waals surface area contributed by atoms with Crippen molar-refractivity contribution in [1.29, 1.82) is 0 Å². The van der Waals surface area contributed by atoms with Gasteiger partial charge < -0.3 is 9.80 Å². The van der Waals surface area contributed by atoms with Crippen LogP contribution in [0.25, 0.3) is 0 Å². The molecule has 25 heavy (non-hydrogen) atoms. The highest BCUT2D eigenvalue weighted by Gasteiger charge is 2.37. The molecule has 6 nitrogen and oxygen atoms in total. The molecule has 1 aliphatic rings. The number of alkyl halides is 3. The van der Waals surface area contributed by atoms with Crippen LogP contribution in [0.3, 0.4) is 0 Å². The van der Waals surface area contributed by atoms with Gasteiger partial charge in [0.2, 0.25) is 0 Å². The minimum absolute atomic E-state index is 0.0989. The molecule has 0 unspecified atom stereocenters. The van der Waals surface area contributed by atoms with Crippen LogP contribution in [0.2, 0.25) is 5.02 Å². The van der Waals surface area contributed by atoms with Crippen molar-refractivity contribution in [3.63, 3.8) is 0 Å². The first-order chi connectivity index (χ1) is 11.8. The van der Waals surface area contributed by atoms with Gasteiger partial charge in [-0.15, -0.1) is 11.3 Å². The van der Waals surface area contributed by atoms with Crippen molar-refractivity contribution in [2.45, 2.75) is 6.18 Å². The van der Waals surface area contributed by atoms with Crippen LogP contribution >= 0.6 is 22.9 Å². The highest BCUT2D eigenvalue weighted by Crippen LogP contribution is 2.41. The monoisotopic (exact) mass is 392 g/mol. The van der Waals surface area contributed by atoms with Gasteiger partial charge in [0.25, 0.3) is 5.69 Å². The molecule has 0 amide bonds. The second-order valence-corrected chi connectivity index (χ2v) is 6.64. The topological polar surface area (TPSA) is 62.5 Å². The van der Waals surface area contributed by atoms with Gasteiger partial charge in [-0.25, -0.2) is 4.98 Å². The number of nitrogens with zero attached hydrogens (tertiary/aromatic N) is 4. The van der Waals surface area contributed by atoms with Crippen LogP contribution in [0, 0.1) is 10.1 Å². The molecule has 0 spiro atoms. The van der Waals surface area contributed by atoms with Gasteiger partial charge in [-0.1, -0.05) is 11.6 Å². The molecule has 2 aromatic rings. The molecule has 0 radical (unpaired) electrons. The summed E-state index contributed by atoms with van der Waals surface area (Å²) in [5.41, 5.74) is -1.70. The Morgan fingerprint density at radius 3 is 2.36 bits per heavy atom. The first-order valence-electron chi connectivity index (χ1n) is 7.22. The molecule has 0 aliphatic carbocycles. The zero-order valence-corrected chi connectivity index (χ0v) is 14.2. The Morgan fingerprint density at radius 1 is 1.20 bits per heavy atom. The molecule has 0 saturated carbocycles. The van der Waals surface area contributed by atoms with E-state index in [2.05, 4.69) is 4.98 Å². The zero-order valence-electron chi connectivity index (χ0n) is 12.7. The Kier molecular flexibility index (Phi) is 4.74. The van der Waals surface area contributed by atoms with E-state index in [1.54, 1.807) is 11.1 Å². The van der Waals surface area contributed by atoms with Gasteiger partial charge in [0.05, 0.1) is 15.5 Å². The number of hydrogen-bond acceptors (Lipinski definition) is 6. The molecule has 0 bridgehead atoms. The third-order valence-corrected chi connectivity index (χ3v) is 5.02. The fourth-order valence-electron chi connectivity index (χ4n) is 2.68. The van der Waals surface area contributed by atoms with E-state index >= 15 is 0 Å². The average Bonchev–Trinajstić information content (AvgIpc) is 3.07. The lowest BCUT2D eigenvalue weighted by atomic mass is 10.1. The fraction of sp³-hybridized carbons (Fsp3) is 0.357. The van der Waals surface area contributed by atoms with Crippen LogP contribution in [0.15, 0.2) is 23.7 Å². The van der Waals surface area contributed by atoms with Crippen LogP contribution in [-0.2, 0) is 6.18 Å². The van der Waals surface area contributed by atoms with Crippen molar-refractivity contribution >= 4 is 39.4 Å². The number of nitro groups is 1. The highest BCUT2D eigenvalue weighted by atomic mass is 35.5. The van der Waals surface area contributed by atoms with E-state index < -0.39 is 27.4 Å². The summed E-state index contributed by atoms with van der Waals surface area (Å²) in [6.07, 6.45) is -3.06. The molecule has 0 N–H and O–H groups in total. The summed E-state index contributed by atoms with van der Waals surface area (Å²) in [6.45, 7) is 1.96. The summed E-state index contributed by atoms with van der Waals surface area (Å²) >= 11 is 7.22. The number of hydrogen-bond donors (Lipinski definition) is 0. The first-order valence-corrected chi connectivity index (χ1v) is 8.47. The minimum atomic E-state index is -4.75. The van der Waals surface area contributed by atoms with Crippen LogP contribution in [0.1, 0.15) is 5.56 Å². The molecule has 1 saturated heterocycles.